The largest absolute Gasteiger partial charge is 0.376 e. The minimum atomic E-state index is -0.0852. The van der Waals surface area contributed by atoms with Crippen LogP contribution in [0.2, 0.25) is 0 Å². The van der Waals surface area contributed by atoms with Gasteiger partial charge in [0.25, 0.3) is 5.91 Å². The van der Waals surface area contributed by atoms with Crippen molar-refractivity contribution in [2.24, 2.45) is 18.9 Å². The van der Waals surface area contributed by atoms with Crippen LogP contribution in [0.5, 0.6) is 0 Å². The number of rotatable bonds is 5. The van der Waals surface area contributed by atoms with Crippen LogP contribution in [0, 0.1) is 25.7 Å². The molecule has 0 radical (unpaired) electrons. The van der Waals surface area contributed by atoms with Gasteiger partial charge in [0.05, 0.1) is 29.1 Å². The van der Waals surface area contributed by atoms with Crippen molar-refractivity contribution >= 4 is 17.2 Å². The third-order valence-electron chi connectivity index (χ3n) is 5.38. The van der Waals surface area contributed by atoms with E-state index in [0.717, 1.165) is 36.9 Å². The number of hydrogen-bond acceptors (Lipinski definition) is 6. The van der Waals surface area contributed by atoms with Crippen molar-refractivity contribution in [1.29, 1.82) is 0 Å². The molecule has 0 aromatic carbocycles. The van der Waals surface area contributed by atoms with Crippen LogP contribution < -0.4 is 5.32 Å². The minimum absolute atomic E-state index is 0.0852. The third-order valence-corrected chi connectivity index (χ3v) is 6.15. The molecular formula is C18H25N5O2S. The molecule has 2 aliphatic rings. The van der Waals surface area contributed by atoms with Crippen molar-refractivity contribution in [2.75, 3.05) is 26.2 Å². The topological polar surface area (TPSA) is 72.3 Å². The number of likely N-dealkylation sites (tertiary alicyclic amines) is 1. The number of carbonyl (C=O) groups excluding carboxylic acids is 1. The normalized spacial score (nSPS) is 25.6. The number of ether oxygens (including phenoxy) is 1. The Bertz CT molecular complexity index is 801. The molecule has 8 heteroatoms. The van der Waals surface area contributed by atoms with Crippen molar-refractivity contribution in [1.82, 2.24) is 25.0 Å². The highest BCUT2D eigenvalue weighted by molar-refractivity contribution is 7.09. The Morgan fingerprint density at radius 3 is 2.96 bits per heavy atom. The van der Waals surface area contributed by atoms with E-state index in [2.05, 4.69) is 26.4 Å². The van der Waals surface area contributed by atoms with Crippen LogP contribution in [0.4, 0.5) is 0 Å². The number of hydrogen-bond donors (Lipinski definition) is 1. The van der Waals surface area contributed by atoms with E-state index >= 15 is 0 Å². The molecule has 2 fully saturated rings. The predicted molar refractivity (Wildman–Crippen MR) is 99.1 cm³/mol. The maximum absolute atomic E-state index is 12.2. The minimum Gasteiger partial charge on any atom is -0.376 e. The fourth-order valence-electron chi connectivity index (χ4n) is 4.04. The summed E-state index contributed by atoms with van der Waals surface area (Å²) >= 11 is 1.50. The van der Waals surface area contributed by atoms with Crippen molar-refractivity contribution in [3.63, 3.8) is 0 Å². The third kappa shape index (κ3) is 3.54. The van der Waals surface area contributed by atoms with E-state index in [4.69, 9.17) is 4.74 Å². The molecule has 1 N–H and O–H groups in total. The molecule has 0 spiro atoms. The second-order valence-corrected chi connectivity index (χ2v) is 8.41. The highest BCUT2D eigenvalue weighted by atomic mass is 32.1. The van der Waals surface area contributed by atoms with Gasteiger partial charge in [0, 0.05) is 50.4 Å². The number of thiazole rings is 1. The molecule has 2 aromatic heterocycles. The molecule has 2 saturated heterocycles. The van der Waals surface area contributed by atoms with Crippen LogP contribution >= 0.6 is 11.3 Å². The maximum atomic E-state index is 12.2. The molecule has 2 aromatic rings. The molecule has 26 heavy (non-hydrogen) atoms. The lowest BCUT2D eigenvalue weighted by Gasteiger charge is -2.19. The number of aryl methyl sites for hydroxylation is 3. The summed E-state index contributed by atoms with van der Waals surface area (Å²) in [4.78, 5) is 18.9. The first-order chi connectivity index (χ1) is 12.5. The van der Waals surface area contributed by atoms with E-state index in [-0.39, 0.29) is 12.0 Å². The van der Waals surface area contributed by atoms with Crippen LogP contribution in [-0.4, -0.2) is 57.9 Å². The SMILES string of the molecule is Cc1cc(CN2C[C@H]3[C@@H](CNC(=O)c4csc(C)n4)CO[C@H]3C2)n(C)n1. The van der Waals surface area contributed by atoms with Crippen molar-refractivity contribution in [3.05, 3.63) is 33.5 Å². The summed E-state index contributed by atoms with van der Waals surface area (Å²) in [5.74, 6) is 0.752. The monoisotopic (exact) mass is 375 g/mol. The van der Waals surface area contributed by atoms with Crippen molar-refractivity contribution in [3.8, 4) is 0 Å². The second-order valence-electron chi connectivity index (χ2n) is 7.35. The van der Waals surface area contributed by atoms with E-state index < -0.39 is 0 Å². The summed E-state index contributed by atoms with van der Waals surface area (Å²) in [6.07, 6.45) is 0.271. The summed E-state index contributed by atoms with van der Waals surface area (Å²) < 4.78 is 7.96. The quantitative estimate of drug-likeness (QED) is 0.855. The molecule has 4 rings (SSSR count). The van der Waals surface area contributed by atoms with E-state index in [1.807, 2.05) is 31.0 Å². The fourth-order valence-corrected chi connectivity index (χ4v) is 4.64. The van der Waals surface area contributed by atoms with Crippen LogP contribution in [-0.2, 0) is 18.3 Å². The molecule has 4 heterocycles. The van der Waals surface area contributed by atoms with Crippen LogP contribution in [0.15, 0.2) is 11.4 Å². The van der Waals surface area contributed by atoms with Gasteiger partial charge in [-0.15, -0.1) is 11.3 Å². The van der Waals surface area contributed by atoms with Gasteiger partial charge in [0.2, 0.25) is 0 Å². The molecular weight excluding hydrogens is 350 g/mol. The summed E-state index contributed by atoms with van der Waals surface area (Å²) in [5, 5.41) is 10.2. The average Bonchev–Trinajstić information content (AvgIpc) is 3.32. The summed E-state index contributed by atoms with van der Waals surface area (Å²) in [7, 11) is 1.99. The molecule has 3 atom stereocenters. The number of amides is 1. The molecule has 0 unspecified atom stereocenters. The zero-order valence-electron chi connectivity index (χ0n) is 15.4. The van der Waals surface area contributed by atoms with Gasteiger partial charge in [-0.1, -0.05) is 0 Å². The molecule has 140 valence electrons. The van der Waals surface area contributed by atoms with E-state index in [1.165, 1.54) is 17.0 Å². The first kappa shape index (κ1) is 17.6. The molecule has 0 saturated carbocycles. The van der Waals surface area contributed by atoms with Crippen LogP contribution in [0.1, 0.15) is 26.9 Å². The molecule has 0 aliphatic carbocycles. The summed E-state index contributed by atoms with van der Waals surface area (Å²) in [6.45, 7) is 8.15. The summed E-state index contributed by atoms with van der Waals surface area (Å²) in [5.41, 5.74) is 2.80. The Balaban J connectivity index is 1.31. The van der Waals surface area contributed by atoms with Gasteiger partial charge in [-0.25, -0.2) is 4.98 Å². The average molecular weight is 375 g/mol. The molecule has 1 amide bonds. The van der Waals surface area contributed by atoms with Gasteiger partial charge in [-0.05, 0) is 19.9 Å². The Labute approximate surface area is 157 Å². The molecule has 2 aliphatic heterocycles. The van der Waals surface area contributed by atoms with E-state index in [0.29, 0.717) is 24.1 Å². The highest BCUT2D eigenvalue weighted by Crippen LogP contribution is 2.34. The first-order valence-electron chi connectivity index (χ1n) is 9.03. The Morgan fingerprint density at radius 1 is 1.42 bits per heavy atom. The first-order valence-corrected chi connectivity index (χ1v) is 9.91. The highest BCUT2D eigenvalue weighted by Gasteiger charge is 2.43. The van der Waals surface area contributed by atoms with E-state index in [1.54, 1.807) is 0 Å². The standard InChI is InChI=1S/C18H25N5O2S/c1-11-4-14(22(3)21-11)6-23-7-15-13(9-25-17(15)8-23)5-19-18(24)16-10-26-12(2)20-16/h4,10,13,15,17H,5-9H2,1-3H3,(H,19,24)/t13-,15-,17-/m0/s1. The van der Waals surface area contributed by atoms with Gasteiger partial charge < -0.3 is 10.1 Å². The van der Waals surface area contributed by atoms with Gasteiger partial charge in [-0.2, -0.15) is 5.10 Å². The zero-order chi connectivity index (χ0) is 18.3. The smallest absolute Gasteiger partial charge is 0.270 e. The van der Waals surface area contributed by atoms with Crippen molar-refractivity contribution in [2.45, 2.75) is 26.5 Å². The number of nitrogens with zero attached hydrogens (tertiary/aromatic N) is 4. The van der Waals surface area contributed by atoms with Gasteiger partial charge >= 0.3 is 0 Å². The fraction of sp³-hybridized carbons (Fsp3) is 0.611. The number of carbonyl (C=O) groups is 1. The lowest BCUT2D eigenvalue weighted by Crippen LogP contribution is -2.34. The van der Waals surface area contributed by atoms with Gasteiger partial charge in [-0.3, -0.25) is 14.4 Å². The number of aromatic nitrogens is 3. The Kier molecular flexibility index (Phi) is 4.81. The number of nitrogens with one attached hydrogen (secondary N) is 1. The lowest BCUT2D eigenvalue weighted by molar-refractivity contribution is 0.0899. The summed E-state index contributed by atoms with van der Waals surface area (Å²) in [6, 6.07) is 2.14. The number of fused-ring (bicyclic) bond motifs is 1. The molecule has 7 nitrogen and oxygen atoms in total. The van der Waals surface area contributed by atoms with Crippen LogP contribution in [0.3, 0.4) is 0 Å². The van der Waals surface area contributed by atoms with E-state index in [9.17, 15) is 4.79 Å². The predicted octanol–water partition coefficient (Wildman–Crippen LogP) is 1.37. The van der Waals surface area contributed by atoms with Crippen molar-refractivity contribution < 1.29 is 9.53 Å². The van der Waals surface area contributed by atoms with Crippen LogP contribution in [0.25, 0.3) is 0 Å². The lowest BCUT2D eigenvalue weighted by atomic mass is 9.93. The second kappa shape index (κ2) is 7.09. The maximum Gasteiger partial charge on any atom is 0.270 e. The molecule has 0 bridgehead atoms. The Hall–Kier alpha value is -1.77. The Morgan fingerprint density at radius 2 is 2.27 bits per heavy atom. The van der Waals surface area contributed by atoms with Gasteiger partial charge in [0.15, 0.2) is 0 Å². The van der Waals surface area contributed by atoms with Gasteiger partial charge in [0.1, 0.15) is 5.69 Å². The zero-order valence-corrected chi connectivity index (χ0v) is 16.3.